The Bertz CT molecular complexity index is 1400. The molecule has 9 nitrogen and oxygen atoms in total. The van der Waals surface area contributed by atoms with Crippen LogP contribution in [0.1, 0.15) is 43.7 Å². The summed E-state index contributed by atoms with van der Waals surface area (Å²) in [6.07, 6.45) is 0.713. The summed E-state index contributed by atoms with van der Waals surface area (Å²) in [5.41, 5.74) is 1.48. The summed E-state index contributed by atoms with van der Waals surface area (Å²) >= 11 is 1.52. The maximum atomic E-state index is 14.1. The minimum atomic E-state index is -0.990. The lowest BCUT2D eigenvalue weighted by molar-refractivity contribution is -0.143. The van der Waals surface area contributed by atoms with Crippen LogP contribution in [0.2, 0.25) is 0 Å². The van der Waals surface area contributed by atoms with Gasteiger partial charge >= 0.3 is 0 Å². The van der Waals surface area contributed by atoms with Crippen LogP contribution in [0.3, 0.4) is 0 Å². The number of nitrogens with one attached hydrogen (secondary N) is 1. The first kappa shape index (κ1) is 27.1. The Morgan fingerprint density at radius 2 is 1.87 bits per heavy atom. The highest BCUT2D eigenvalue weighted by Crippen LogP contribution is 2.38. The molecule has 2 aromatic carbocycles. The van der Waals surface area contributed by atoms with Gasteiger partial charge in [0, 0.05) is 16.0 Å². The van der Waals surface area contributed by atoms with Crippen LogP contribution >= 0.6 is 11.3 Å². The number of aromatic nitrogens is 3. The molecule has 0 bridgehead atoms. The van der Waals surface area contributed by atoms with E-state index in [1.165, 1.54) is 18.4 Å². The highest BCUT2D eigenvalue weighted by atomic mass is 32.1. The number of benzene rings is 2. The number of hydrogen-bond acceptors (Lipinski definition) is 7. The zero-order valence-electron chi connectivity index (χ0n) is 22.3. The second-order valence-corrected chi connectivity index (χ2v) is 10.6. The number of nitrogens with zero attached hydrogens (tertiary/aromatic N) is 4. The summed E-state index contributed by atoms with van der Waals surface area (Å²) in [7, 11) is 3.07. The van der Waals surface area contributed by atoms with Crippen LogP contribution in [0, 0.1) is 0 Å². The Labute approximate surface area is 226 Å². The van der Waals surface area contributed by atoms with E-state index in [9.17, 15) is 9.59 Å². The topological polar surface area (TPSA) is 98.6 Å². The van der Waals surface area contributed by atoms with E-state index in [-0.39, 0.29) is 24.9 Å². The van der Waals surface area contributed by atoms with Crippen molar-refractivity contribution in [1.82, 2.24) is 25.2 Å². The summed E-state index contributed by atoms with van der Waals surface area (Å²) in [4.78, 5) is 30.6. The molecule has 2 amide bonds. The summed E-state index contributed by atoms with van der Waals surface area (Å²) in [6, 6.07) is 15.7. The van der Waals surface area contributed by atoms with Crippen molar-refractivity contribution in [2.24, 2.45) is 0 Å². The number of methoxy groups -OCH3 is 2. The lowest BCUT2D eigenvalue weighted by Gasteiger charge is -2.35. The first-order chi connectivity index (χ1) is 18.3. The molecule has 200 valence electrons. The Balaban J connectivity index is 1.82. The third-order valence-corrected chi connectivity index (χ3v) is 7.43. The molecule has 1 N–H and O–H groups in total. The van der Waals surface area contributed by atoms with Gasteiger partial charge in [-0.25, -0.2) is 4.68 Å². The van der Waals surface area contributed by atoms with Crippen LogP contribution in [0.25, 0.3) is 11.0 Å². The molecule has 0 saturated heterocycles. The van der Waals surface area contributed by atoms with Crippen molar-refractivity contribution in [3.8, 4) is 11.5 Å². The molecule has 0 fully saturated rings. The number of rotatable bonds is 11. The number of fused-ring (bicyclic) bond motifs is 1. The summed E-state index contributed by atoms with van der Waals surface area (Å²) in [6.45, 7) is 6.06. The van der Waals surface area contributed by atoms with Gasteiger partial charge in [0.25, 0.3) is 0 Å². The van der Waals surface area contributed by atoms with Crippen molar-refractivity contribution in [2.75, 3.05) is 14.2 Å². The van der Waals surface area contributed by atoms with Gasteiger partial charge in [0.15, 0.2) is 11.5 Å². The molecule has 1 atom stereocenters. The lowest BCUT2D eigenvalue weighted by Crippen LogP contribution is -2.50. The van der Waals surface area contributed by atoms with E-state index in [2.05, 4.69) is 15.6 Å². The first-order valence-electron chi connectivity index (χ1n) is 12.4. The minimum absolute atomic E-state index is 0.0842. The number of amides is 2. The first-order valence-corrected chi connectivity index (χ1v) is 13.3. The van der Waals surface area contributed by atoms with Crippen LogP contribution < -0.4 is 14.8 Å². The van der Waals surface area contributed by atoms with Gasteiger partial charge in [0.2, 0.25) is 11.8 Å². The number of ether oxygens (including phenoxy) is 2. The zero-order chi connectivity index (χ0) is 27.3. The molecule has 0 aliphatic carbocycles. The molecule has 0 spiro atoms. The molecule has 38 heavy (non-hydrogen) atoms. The van der Waals surface area contributed by atoms with Crippen LogP contribution in [0.15, 0.2) is 60.0 Å². The van der Waals surface area contributed by atoms with Crippen molar-refractivity contribution in [2.45, 2.75) is 51.9 Å². The SMILES string of the molecule is CCC(C)(C)NC(=O)C(c1cccc(OC)c1OC)N(Cc1cccs1)C(=O)Cn1nnc2ccccc21. The van der Waals surface area contributed by atoms with Gasteiger partial charge in [0.1, 0.15) is 18.1 Å². The molecule has 4 aromatic rings. The van der Waals surface area contributed by atoms with Crippen molar-refractivity contribution in [3.05, 3.63) is 70.4 Å². The number of hydrogen-bond donors (Lipinski definition) is 1. The molecular weight excluding hydrogens is 502 g/mol. The Hall–Kier alpha value is -3.92. The molecule has 0 saturated carbocycles. The van der Waals surface area contributed by atoms with Gasteiger partial charge in [-0.05, 0) is 49.9 Å². The third kappa shape index (κ3) is 5.80. The van der Waals surface area contributed by atoms with E-state index in [1.807, 2.05) is 62.5 Å². The number of carbonyl (C=O) groups excluding carboxylic acids is 2. The van der Waals surface area contributed by atoms with E-state index in [0.717, 1.165) is 10.4 Å². The van der Waals surface area contributed by atoms with Gasteiger partial charge in [-0.2, -0.15) is 0 Å². The van der Waals surface area contributed by atoms with E-state index >= 15 is 0 Å². The Kier molecular flexibility index (Phi) is 8.31. The van der Waals surface area contributed by atoms with Crippen molar-refractivity contribution in [3.63, 3.8) is 0 Å². The normalized spacial score (nSPS) is 12.2. The van der Waals surface area contributed by atoms with E-state index in [0.29, 0.717) is 29.0 Å². The third-order valence-electron chi connectivity index (χ3n) is 6.57. The van der Waals surface area contributed by atoms with Gasteiger partial charge in [-0.15, -0.1) is 16.4 Å². The van der Waals surface area contributed by atoms with Crippen LogP contribution in [0.4, 0.5) is 0 Å². The monoisotopic (exact) mass is 535 g/mol. The molecule has 0 aliphatic heterocycles. The largest absolute Gasteiger partial charge is 0.493 e. The molecule has 4 rings (SSSR count). The van der Waals surface area contributed by atoms with E-state index in [1.54, 1.807) is 34.9 Å². The van der Waals surface area contributed by atoms with Crippen LogP contribution in [-0.4, -0.2) is 51.5 Å². The predicted octanol–water partition coefficient (Wildman–Crippen LogP) is 4.58. The van der Waals surface area contributed by atoms with Gasteiger partial charge < -0.3 is 19.7 Å². The number of thiophene rings is 1. The molecule has 0 aliphatic rings. The van der Waals surface area contributed by atoms with Gasteiger partial charge in [-0.1, -0.05) is 42.5 Å². The standard InChI is InChI=1S/C28H33N5O4S/c1-6-28(2,3)29-27(35)25(20-12-9-15-23(36-4)26(20)37-5)32(17-19-11-10-16-38-19)24(34)18-33-22-14-8-7-13-21(22)30-31-33/h7-16,25H,6,17-18H2,1-5H3,(H,29,35). The molecule has 10 heteroatoms. The quantitative estimate of drug-likeness (QED) is 0.302. The second-order valence-electron chi connectivity index (χ2n) is 9.55. The fraction of sp³-hybridized carbons (Fsp3) is 0.357. The van der Waals surface area contributed by atoms with Crippen molar-refractivity contribution in [1.29, 1.82) is 0 Å². The fourth-order valence-electron chi connectivity index (χ4n) is 4.22. The summed E-state index contributed by atoms with van der Waals surface area (Å²) in [5, 5.41) is 13.5. The van der Waals surface area contributed by atoms with Gasteiger partial charge in [0.05, 0.1) is 26.3 Å². The highest BCUT2D eigenvalue weighted by molar-refractivity contribution is 7.09. The van der Waals surface area contributed by atoms with E-state index < -0.39 is 11.6 Å². The maximum absolute atomic E-state index is 14.1. The maximum Gasteiger partial charge on any atom is 0.248 e. The summed E-state index contributed by atoms with van der Waals surface area (Å²) < 4.78 is 12.8. The molecular formula is C28H33N5O4S. The van der Waals surface area contributed by atoms with Crippen molar-refractivity contribution < 1.29 is 19.1 Å². The van der Waals surface area contributed by atoms with Crippen molar-refractivity contribution >= 4 is 34.2 Å². The average Bonchev–Trinajstić information content (AvgIpc) is 3.58. The highest BCUT2D eigenvalue weighted by Gasteiger charge is 2.37. The Morgan fingerprint density at radius 3 is 2.55 bits per heavy atom. The van der Waals surface area contributed by atoms with Crippen LogP contribution in [0.5, 0.6) is 11.5 Å². The lowest BCUT2D eigenvalue weighted by atomic mass is 9.97. The molecule has 1 unspecified atom stereocenters. The van der Waals surface area contributed by atoms with Gasteiger partial charge in [-0.3, -0.25) is 9.59 Å². The molecule has 0 radical (unpaired) electrons. The number of carbonyl (C=O) groups is 2. The molecule has 2 aromatic heterocycles. The molecule has 2 heterocycles. The second kappa shape index (κ2) is 11.6. The smallest absolute Gasteiger partial charge is 0.248 e. The summed E-state index contributed by atoms with van der Waals surface area (Å²) in [5.74, 6) is 0.285. The van der Waals surface area contributed by atoms with E-state index in [4.69, 9.17) is 9.47 Å². The Morgan fingerprint density at radius 1 is 1.08 bits per heavy atom. The average molecular weight is 536 g/mol. The predicted molar refractivity (Wildman–Crippen MR) is 147 cm³/mol. The number of para-hydroxylation sites is 2. The minimum Gasteiger partial charge on any atom is -0.493 e. The zero-order valence-corrected chi connectivity index (χ0v) is 23.1. The van der Waals surface area contributed by atoms with Crippen LogP contribution in [-0.2, 0) is 22.7 Å². The fourth-order valence-corrected chi connectivity index (χ4v) is 4.92.